The molecular formula is C13H19Cl3N2O. The Bertz CT molecular complexity index is 436. The lowest BCUT2D eigenvalue weighted by Gasteiger charge is -2.27. The number of nitrogens with two attached hydrogens (primary N) is 1. The number of carbonyl (C=O) groups excluding carboxylic acids is 1. The maximum Gasteiger partial charge on any atom is 0.220 e. The zero-order valence-electron chi connectivity index (χ0n) is 11.0. The molecule has 1 amide bonds. The molecule has 0 spiro atoms. The number of benzene rings is 1. The van der Waals surface area contributed by atoms with Crippen LogP contribution in [-0.2, 0) is 10.3 Å². The van der Waals surface area contributed by atoms with Gasteiger partial charge >= 0.3 is 0 Å². The van der Waals surface area contributed by atoms with E-state index in [0.29, 0.717) is 29.4 Å². The van der Waals surface area contributed by atoms with Crippen molar-refractivity contribution in [2.45, 2.75) is 32.2 Å². The number of halogens is 3. The van der Waals surface area contributed by atoms with Crippen molar-refractivity contribution in [1.29, 1.82) is 0 Å². The minimum Gasteiger partial charge on any atom is -0.347 e. The van der Waals surface area contributed by atoms with Crippen LogP contribution in [0, 0.1) is 0 Å². The minimum atomic E-state index is -0.486. The molecule has 0 saturated carbocycles. The van der Waals surface area contributed by atoms with Crippen molar-refractivity contribution in [3.63, 3.8) is 0 Å². The molecule has 0 aliphatic heterocycles. The number of carbonyl (C=O) groups is 1. The van der Waals surface area contributed by atoms with Crippen LogP contribution in [0.4, 0.5) is 0 Å². The van der Waals surface area contributed by atoms with E-state index < -0.39 is 5.54 Å². The van der Waals surface area contributed by atoms with E-state index in [1.54, 1.807) is 12.1 Å². The highest BCUT2D eigenvalue weighted by atomic mass is 35.5. The van der Waals surface area contributed by atoms with Gasteiger partial charge in [-0.3, -0.25) is 4.79 Å². The molecule has 0 radical (unpaired) electrons. The van der Waals surface area contributed by atoms with Gasteiger partial charge in [0.15, 0.2) is 0 Å². The second-order valence-corrected chi connectivity index (χ2v) is 5.51. The van der Waals surface area contributed by atoms with Crippen molar-refractivity contribution in [3.05, 3.63) is 33.8 Å². The van der Waals surface area contributed by atoms with Crippen molar-refractivity contribution < 1.29 is 4.79 Å². The fraction of sp³-hybridized carbons (Fsp3) is 0.462. The lowest BCUT2D eigenvalue weighted by molar-refractivity contribution is -0.122. The summed E-state index contributed by atoms with van der Waals surface area (Å²) in [6, 6.07) is 5.36. The Morgan fingerprint density at radius 1 is 1.32 bits per heavy atom. The molecule has 0 aromatic heterocycles. The van der Waals surface area contributed by atoms with Gasteiger partial charge in [0.25, 0.3) is 0 Å². The van der Waals surface area contributed by atoms with Crippen LogP contribution in [-0.4, -0.2) is 12.5 Å². The maximum atomic E-state index is 11.7. The van der Waals surface area contributed by atoms with Crippen LogP contribution in [0.3, 0.4) is 0 Å². The summed E-state index contributed by atoms with van der Waals surface area (Å²) in [5, 5.41) is 3.95. The van der Waals surface area contributed by atoms with Gasteiger partial charge in [0.05, 0.1) is 15.6 Å². The first-order chi connectivity index (χ1) is 8.36. The molecule has 1 aromatic rings. The molecule has 0 unspecified atom stereocenters. The van der Waals surface area contributed by atoms with Crippen LogP contribution < -0.4 is 11.1 Å². The van der Waals surface area contributed by atoms with E-state index in [1.807, 2.05) is 19.9 Å². The molecule has 0 aliphatic rings. The van der Waals surface area contributed by atoms with Gasteiger partial charge in [0, 0.05) is 6.42 Å². The van der Waals surface area contributed by atoms with Crippen molar-refractivity contribution in [3.8, 4) is 0 Å². The van der Waals surface area contributed by atoms with Gasteiger partial charge in [0.2, 0.25) is 5.91 Å². The molecule has 0 aliphatic carbocycles. The predicted molar refractivity (Wildman–Crippen MR) is 83.2 cm³/mol. The molecule has 0 heterocycles. The lowest BCUT2D eigenvalue weighted by Crippen LogP contribution is -2.41. The number of amides is 1. The van der Waals surface area contributed by atoms with E-state index in [9.17, 15) is 4.79 Å². The van der Waals surface area contributed by atoms with Gasteiger partial charge in [-0.05, 0) is 44.5 Å². The summed E-state index contributed by atoms with van der Waals surface area (Å²) in [6.45, 7) is 4.36. The minimum absolute atomic E-state index is 0. The van der Waals surface area contributed by atoms with Crippen LogP contribution in [0.25, 0.3) is 0 Å². The maximum absolute atomic E-state index is 11.7. The fourth-order valence-electron chi connectivity index (χ4n) is 1.63. The molecule has 3 nitrogen and oxygen atoms in total. The van der Waals surface area contributed by atoms with Gasteiger partial charge in [-0.25, -0.2) is 0 Å². The van der Waals surface area contributed by atoms with Gasteiger partial charge in [-0.15, -0.1) is 12.4 Å². The summed E-state index contributed by atoms with van der Waals surface area (Å²) in [7, 11) is 0. The first-order valence-electron chi connectivity index (χ1n) is 5.83. The molecule has 0 atom stereocenters. The normalized spacial score (nSPS) is 10.8. The number of hydrogen-bond donors (Lipinski definition) is 2. The molecule has 1 aromatic carbocycles. The van der Waals surface area contributed by atoms with Crippen molar-refractivity contribution in [2.24, 2.45) is 5.73 Å². The number of rotatable bonds is 5. The number of hydrogen-bond acceptors (Lipinski definition) is 2. The lowest BCUT2D eigenvalue weighted by atomic mass is 9.94. The zero-order valence-corrected chi connectivity index (χ0v) is 13.3. The Labute approximate surface area is 130 Å². The molecule has 0 saturated heterocycles. The monoisotopic (exact) mass is 324 g/mol. The van der Waals surface area contributed by atoms with E-state index in [2.05, 4.69) is 5.32 Å². The first-order valence-corrected chi connectivity index (χ1v) is 6.59. The molecule has 108 valence electrons. The highest BCUT2D eigenvalue weighted by molar-refractivity contribution is 6.42. The van der Waals surface area contributed by atoms with Crippen LogP contribution in [0.1, 0.15) is 32.3 Å². The van der Waals surface area contributed by atoms with Crippen LogP contribution in [0.2, 0.25) is 10.0 Å². The Morgan fingerprint density at radius 2 is 1.95 bits per heavy atom. The third-order valence-electron chi connectivity index (χ3n) is 2.70. The second-order valence-electron chi connectivity index (χ2n) is 4.69. The Morgan fingerprint density at radius 3 is 2.47 bits per heavy atom. The average Bonchev–Trinajstić information content (AvgIpc) is 2.29. The molecule has 19 heavy (non-hydrogen) atoms. The van der Waals surface area contributed by atoms with Gasteiger partial charge in [-0.1, -0.05) is 29.3 Å². The van der Waals surface area contributed by atoms with Crippen LogP contribution in [0.5, 0.6) is 0 Å². The summed E-state index contributed by atoms with van der Waals surface area (Å²) in [5.41, 5.74) is 5.80. The molecular weight excluding hydrogens is 307 g/mol. The number of nitrogens with one attached hydrogen (secondary N) is 1. The molecule has 3 N–H and O–H groups in total. The SMILES string of the molecule is CC(C)(NC(=O)CCCN)c1ccc(Cl)c(Cl)c1.Cl. The first kappa shape index (κ1) is 18.5. The molecule has 1 rings (SSSR count). The molecule has 0 bridgehead atoms. The smallest absolute Gasteiger partial charge is 0.220 e. The van der Waals surface area contributed by atoms with Crippen LogP contribution in [0.15, 0.2) is 18.2 Å². The Balaban J connectivity index is 0.00000324. The van der Waals surface area contributed by atoms with E-state index in [1.165, 1.54) is 0 Å². The summed E-state index contributed by atoms with van der Waals surface area (Å²) >= 11 is 11.9. The zero-order chi connectivity index (χ0) is 13.8. The van der Waals surface area contributed by atoms with E-state index in [-0.39, 0.29) is 18.3 Å². The van der Waals surface area contributed by atoms with Crippen molar-refractivity contribution in [2.75, 3.05) is 6.54 Å². The standard InChI is InChI=1S/C13H18Cl2N2O.ClH/c1-13(2,17-12(18)4-3-7-16)9-5-6-10(14)11(15)8-9;/h5-6,8H,3-4,7,16H2,1-2H3,(H,17,18);1H. The van der Waals surface area contributed by atoms with Gasteiger partial charge in [0.1, 0.15) is 0 Å². The summed E-state index contributed by atoms with van der Waals surface area (Å²) in [6.07, 6.45) is 1.12. The average molecular weight is 326 g/mol. The molecule has 0 fully saturated rings. The third kappa shape index (κ3) is 5.57. The second kappa shape index (κ2) is 7.95. The highest BCUT2D eigenvalue weighted by Gasteiger charge is 2.23. The third-order valence-corrected chi connectivity index (χ3v) is 3.44. The van der Waals surface area contributed by atoms with E-state index >= 15 is 0 Å². The van der Waals surface area contributed by atoms with Gasteiger partial charge in [-0.2, -0.15) is 0 Å². The largest absolute Gasteiger partial charge is 0.347 e. The fourth-order valence-corrected chi connectivity index (χ4v) is 1.93. The Hall–Kier alpha value is -0.480. The van der Waals surface area contributed by atoms with E-state index in [4.69, 9.17) is 28.9 Å². The molecule has 6 heteroatoms. The summed E-state index contributed by atoms with van der Waals surface area (Å²) in [5.74, 6) is -0.0171. The van der Waals surface area contributed by atoms with Crippen LogP contribution >= 0.6 is 35.6 Å². The topological polar surface area (TPSA) is 55.1 Å². The highest BCUT2D eigenvalue weighted by Crippen LogP contribution is 2.28. The van der Waals surface area contributed by atoms with E-state index in [0.717, 1.165) is 5.56 Å². The summed E-state index contributed by atoms with van der Waals surface area (Å²) < 4.78 is 0. The van der Waals surface area contributed by atoms with Gasteiger partial charge < -0.3 is 11.1 Å². The van der Waals surface area contributed by atoms with Crippen molar-refractivity contribution in [1.82, 2.24) is 5.32 Å². The Kier molecular flexibility index (Phi) is 7.75. The van der Waals surface area contributed by atoms with Crippen molar-refractivity contribution >= 4 is 41.5 Å². The predicted octanol–water partition coefficient (Wildman–Crippen LogP) is 3.51. The quantitative estimate of drug-likeness (QED) is 0.870. The summed E-state index contributed by atoms with van der Waals surface area (Å²) in [4.78, 5) is 11.7.